The Kier molecular flexibility index (Phi) is 3.64. The van der Waals surface area contributed by atoms with E-state index in [1.165, 1.54) is 0 Å². The van der Waals surface area contributed by atoms with Gasteiger partial charge in [-0.2, -0.15) is 5.10 Å². The van der Waals surface area contributed by atoms with Crippen LogP contribution in [0.2, 0.25) is 0 Å². The van der Waals surface area contributed by atoms with Gasteiger partial charge in [-0.1, -0.05) is 0 Å². The molecule has 7 nitrogen and oxygen atoms in total. The third-order valence-electron chi connectivity index (χ3n) is 3.08. The number of carbonyl (C=O) groups excluding carboxylic acids is 1. The van der Waals surface area contributed by atoms with Gasteiger partial charge in [0.25, 0.3) is 0 Å². The minimum absolute atomic E-state index is 0.0647. The van der Waals surface area contributed by atoms with Gasteiger partial charge in [0.15, 0.2) is 9.84 Å². The van der Waals surface area contributed by atoms with Crippen LogP contribution < -0.4 is 11.1 Å². The third-order valence-corrected chi connectivity index (χ3v) is 4.83. The number of rotatable bonds is 3. The number of nitrogens with two attached hydrogens (primary N) is 1. The molecular formula is C11H18N4O3S. The summed E-state index contributed by atoms with van der Waals surface area (Å²) >= 11 is 0. The number of aromatic nitrogens is 2. The van der Waals surface area contributed by atoms with Crippen LogP contribution in [0.1, 0.15) is 25.1 Å². The van der Waals surface area contributed by atoms with Crippen molar-refractivity contribution in [2.24, 2.45) is 5.73 Å². The van der Waals surface area contributed by atoms with E-state index < -0.39 is 15.9 Å². The lowest BCUT2D eigenvalue weighted by Gasteiger charge is -2.14. The lowest BCUT2D eigenvalue weighted by molar-refractivity contribution is -0.117. The van der Waals surface area contributed by atoms with E-state index in [0.717, 1.165) is 5.69 Å². The summed E-state index contributed by atoms with van der Waals surface area (Å²) in [5, 5.41) is 6.94. The zero-order valence-corrected chi connectivity index (χ0v) is 11.8. The first-order chi connectivity index (χ1) is 8.78. The number of hydrogen-bond donors (Lipinski definition) is 2. The number of nitrogens with one attached hydrogen (secondary N) is 1. The van der Waals surface area contributed by atoms with Gasteiger partial charge in [-0.3, -0.25) is 4.79 Å². The van der Waals surface area contributed by atoms with Crippen LogP contribution in [-0.2, 0) is 14.6 Å². The molecule has 0 unspecified atom stereocenters. The fourth-order valence-corrected chi connectivity index (χ4v) is 3.79. The first kappa shape index (κ1) is 14.0. The average Bonchev–Trinajstić information content (AvgIpc) is 2.81. The summed E-state index contributed by atoms with van der Waals surface area (Å²) in [6.07, 6.45) is 0.518. The lowest BCUT2D eigenvalue weighted by Crippen LogP contribution is -2.33. The van der Waals surface area contributed by atoms with E-state index in [4.69, 9.17) is 5.73 Å². The van der Waals surface area contributed by atoms with Gasteiger partial charge in [0, 0.05) is 6.07 Å². The monoisotopic (exact) mass is 286 g/mol. The highest BCUT2D eigenvalue weighted by molar-refractivity contribution is 7.91. The molecule has 0 spiro atoms. The smallest absolute Gasteiger partial charge is 0.242 e. The Labute approximate surface area is 112 Å². The molecular weight excluding hydrogens is 268 g/mol. The summed E-state index contributed by atoms with van der Waals surface area (Å²) in [5.41, 5.74) is 6.23. The highest BCUT2D eigenvalue weighted by atomic mass is 32.2. The van der Waals surface area contributed by atoms with E-state index in [1.54, 1.807) is 24.6 Å². The summed E-state index contributed by atoms with van der Waals surface area (Å²) < 4.78 is 24.6. The van der Waals surface area contributed by atoms with E-state index in [1.807, 2.05) is 0 Å². The molecule has 0 saturated carbocycles. The number of amides is 1. The highest BCUT2D eigenvalue weighted by Gasteiger charge is 2.31. The number of nitrogens with zero attached hydrogens (tertiary/aromatic N) is 2. The predicted molar refractivity (Wildman–Crippen MR) is 71.6 cm³/mol. The van der Waals surface area contributed by atoms with E-state index in [9.17, 15) is 13.2 Å². The molecule has 0 aliphatic carbocycles. The van der Waals surface area contributed by atoms with Crippen molar-refractivity contribution < 1.29 is 13.2 Å². The number of anilines is 1. The summed E-state index contributed by atoms with van der Waals surface area (Å²) in [5.74, 6) is 0.413. The summed E-state index contributed by atoms with van der Waals surface area (Å²) in [4.78, 5) is 11.6. The normalized spacial score (nSPS) is 23.2. The minimum Gasteiger partial charge on any atom is -0.320 e. The summed E-state index contributed by atoms with van der Waals surface area (Å²) in [6.45, 7) is 3.38. The maximum absolute atomic E-state index is 11.6. The molecule has 106 valence electrons. The van der Waals surface area contributed by atoms with Gasteiger partial charge in [0.2, 0.25) is 5.91 Å². The van der Waals surface area contributed by atoms with Crippen molar-refractivity contribution in [1.82, 2.24) is 9.78 Å². The molecule has 2 atom stereocenters. The Bertz CT molecular complexity index is 591. The SMILES string of the molecule is Cc1cc(NC(=O)[C@@H](C)N)n([C@H]2CCS(=O)(=O)C2)n1. The maximum atomic E-state index is 11.6. The van der Waals surface area contributed by atoms with Crippen LogP contribution in [0.4, 0.5) is 5.82 Å². The van der Waals surface area contributed by atoms with E-state index >= 15 is 0 Å². The van der Waals surface area contributed by atoms with Crippen molar-refractivity contribution in [2.75, 3.05) is 16.8 Å². The second-order valence-electron chi connectivity index (χ2n) is 4.95. The van der Waals surface area contributed by atoms with Crippen molar-refractivity contribution in [1.29, 1.82) is 0 Å². The molecule has 2 heterocycles. The lowest BCUT2D eigenvalue weighted by atomic mass is 10.2. The van der Waals surface area contributed by atoms with Gasteiger partial charge in [0.05, 0.1) is 29.3 Å². The molecule has 1 aliphatic rings. The van der Waals surface area contributed by atoms with Crippen molar-refractivity contribution in [2.45, 2.75) is 32.4 Å². The molecule has 0 radical (unpaired) electrons. The molecule has 1 aromatic rings. The van der Waals surface area contributed by atoms with Crippen LogP contribution in [0, 0.1) is 6.92 Å². The number of sulfone groups is 1. The van der Waals surface area contributed by atoms with Crippen molar-refractivity contribution in [3.05, 3.63) is 11.8 Å². The second kappa shape index (κ2) is 4.93. The van der Waals surface area contributed by atoms with Crippen LogP contribution in [-0.4, -0.2) is 41.7 Å². The third kappa shape index (κ3) is 3.13. The topological polar surface area (TPSA) is 107 Å². The zero-order chi connectivity index (χ0) is 14.2. The highest BCUT2D eigenvalue weighted by Crippen LogP contribution is 2.27. The Morgan fingerprint density at radius 3 is 2.84 bits per heavy atom. The minimum atomic E-state index is -2.99. The Morgan fingerprint density at radius 2 is 2.32 bits per heavy atom. The van der Waals surface area contributed by atoms with Gasteiger partial charge >= 0.3 is 0 Å². The molecule has 1 aliphatic heterocycles. The van der Waals surface area contributed by atoms with E-state index in [-0.39, 0.29) is 23.5 Å². The van der Waals surface area contributed by atoms with Crippen LogP contribution in [0.3, 0.4) is 0 Å². The fraction of sp³-hybridized carbons (Fsp3) is 0.636. The Morgan fingerprint density at radius 1 is 1.63 bits per heavy atom. The van der Waals surface area contributed by atoms with E-state index in [0.29, 0.717) is 12.2 Å². The molecule has 1 amide bonds. The zero-order valence-electron chi connectivity index (χ0n) is 11.0. The first-order valence-corrected chi connectivity index (χ1v) is 7.93. The predicted octanol–water partition coefficient (Wildman–Crippen LogP) is -0.163. The molecule has 1 aromatic heterocycles. The van der Waals surface area contributed by atoms with Gasteiger partial charge in [0.1, 0.15) is 5.82 Å². The van der Waals surface area contributed by atoms with E-state index in [2.05, 4.69) is 10.4 Å². The molecule has 1 fully saturated rings. The first-order valence-electron chi connectivity index (χ1n) is 6.11. The molecule has 0 aromatic carbocycles. The van der Waals surface area contributed by atoms with Crippen LogP contribution in [0.25, 0.3) is 0 Å². The average molecular weight is 286 g/mol. The molecule has 8 heteroatoms. The van der Waals surface area contributed by atoms with Crippen molar-refractivity contribution in [3.8, 4) is 0 Å². The van der Waals surface area contributed by atoms with Gasteiger partial charge in [-0.15, -0.1) is 0 Å². The molecule has 1 saturated heterocycles. The summed E-state index contributed by atoms with van der Waals surface area (Å²) in [6, 6.07) is 0.864. The largest absolute Gasteiger partial charge is 0.320 e. The molecule has 3 N–H and O–H groups in total. The number of carbonyl (C=O) groups is 1. The quantitative estimate of drug-likeness (QED) is 0.802. The summed E-state index contributed by atoms with van der Waals surface area (Å²) in [7, 11) is -2.99. The Balaban J connectivity index is 2.24. The van der Waals surface area contributed by atoms with Crippen LogP contribution in [0.5, 0.6) is 0 Å². The maximum Gasteiger partial charge on any atom is 0.242 e. The van der Waals surface area contributed by atoms with Crippen molar-refractivity contribution in [3.63, 3.8) is 0 Å². The van der Waals surface area contributed by atoms with Crippen LogP contribution in [0.15, 0.2) is 6.07 Å². The number of aryl methyl sites for hydroxylation is 1. The van der Waals surface area contributed by atoms with Gasteiger partial charge in [-0.05, 0) is 20.3 Å². The number of hydrogen-bond acceptors (Lipinski definition) is 5. The van der Waals surface area contributed by atoms with Crippen molar-refractivity contribution >= 4 is 21.6 Å². The molecule has 0 bridgehead atoms. The van der Waals surface area contributed by atoms with Gasteiger partial charge in [-0.25, -0.2) is 13.1 Å². The van der Waals surface area contributed by atoms with Gasteiger partial charge < -0.3 is 11.1 Å². The van der Waals surface area contributed by atoms with Crippen LogP contribution >= 0.6 is 0 Å². The Hall–Kier alpha value is -1.41. The molecule has 2 rings (SSSR count). The fourth-order valence-electron chi connectivity index (χ4n) is 2.10. The molecule has 19 heavy (non-hydrogen) atoms. The second-order valence-corrected chi connectivity index (χ2v) is 7.18. The standard InChI is InChI=1S/C11H18N4O3S/c1-7-5-10(13-11(16)8(2)12)15(14-7)9-3-4-19(17,18)6-9/h5,8-9H,3-4,6,12H2,1-2H3,(H,13,16)/t8-,9+/m1/s1.